The van der Waals surface area contributed by atoms with Gasteiger partial charge in [0.15, 0.2) is 0 Å². The number of piperidine rings is 1. The average Bonchev–Trinajstić information content (AvgIpc) is 2.66. The van der Waals surface area contributed by atoms with Crippen molar-refractivity contribution < 1.29 is 4.74 Å². The molecule has 130 valence electrons. The van der Waals surface area contributed by atoms with Crippen molar-refractivity contribution in [2.75, 3.05) is 13.6 Å². The van der Waals surface area contributed by atoms with E-state index in [1.54, 1.807) is 17.3 Å². The molecule has 2 fully saturated rings. The minimum atomic E-state index is 0.381. The van der Waals surface area contributed by atoms with Crippen LogP contribution in [0.3, 0.4) is 0 Å². The minimum Gasteiger partial charge on any atom is -0.439 e. The van der Waals surface area contributed by atoms with Gasteiger partial charge in [-0.2, -0.15) is 0 Å². The number of aromatic nitrogens is 1. The van der Waals surface area contributed by atoms with Crippen LogP contribution in [0.15, 0.2) is 42.6 Å². The molecule has 0 N–H and O–H groups in total. The Balaban J connectivity index is 1.56. The van der Waals surface area contributed by atoms with E-state index in [4.69, 9.17) is 4.74 Å². The van der Waals surface area contributed by atoms with Gasteiger partial charge in [-0.3, -0.25) is 0 Å². The van der Waals surface area contributed by atoms with Gasteiger partial charge in [0.05, 0.1) is 0 Å². The molecule has 1 saturated heterocycles. The SMILES string of the molecule is CN1CC[C@]23CCCC[C@H]2[C@H]1Cc1ccc(Oc2ccccn2)cc13. The van der Waals surface area contributed by atoms with Gasteiger partial charge in [-0.25, -0.2) is 4.98 Å². The highest BCUT2D eigenvalue weighted by atomic mass is 16.5. The molecule has 1 aromatic carbocycles. The van der Waals surface area contributed by atoms with Gasteiger partial charge < -0.3 is 9.64 Å². The Bertz CT molecular complexity index is 775. The molecule has 0 spiro atoms. The highest BCUT2D eigenvalue weighted by Crippen LogP contribution is 2.56. The van der Waals surface area contributed by atoms with Crippen molar-refractivity contribution >= 4 is 0 Å². The fourth-order valence-corrected chi connectivity index (χ4v) is 5.77. The van der Waals surface area contributed by atoms with Gasteiger partial charge in [-0.1, -0.05) is 25.0 Å². The lowest BCUT2D eigenvalue weighted by molar-refractivity contribution is 0.00276. The maximum atomic E-state index is 6.06. The lowest BCUT2D eigenvalue weighted by atomic mass is 9.52. The summed E-state index contributed by atoms with van der Waals surface area (Å²) in [7, 11) is 2.33. The van der Waals surface area contributed by atoms with Crippen LogP contribution in [0, 0.1) is 5.92 Å². The maximum Gasteiger partial charge on any atom is 0.219 e. The number of benzene rings is 1. The molecule has 1 saturated carbocycles. The average molecular weight is 334 g/mol. The molecule has 3 atom stereocenters. The molecule has 2 aliphatic carbocycles. The smallest absolute Gasteiger partial charge is 0.219 e. The van der Waals surface area contributed by atoms with E-state index in [-0.39, 0.29) is 0 Å². The van der Waals surface area contributed by atoms with E-state index >= 15 is 0 Å². The number of hydrogen-bond donors (Lipinski definition) is 0. The van der Waals surface area contributed by atoms with E-state index in [9.17, 15) is 0 Å². The van der Waals surface area contributed by atoms with Crippen LogP contribution in [0.2, 0.25) is 0 Å². The summed E-state index contributed by atoms with van der Waals surface area (Å²) < 4.78 is 6.06. The fraction of sp³-hybridized carbons (Fsp3) is 0.500. The van der Waals surface area contributed by atoms with E-state index in [0.29, 0.717) is 11.3 Å². The van der Waals surface area contributed by atoms with Crippen LogP contribution in [0.4, 0.5) is 0 Å². The standard InChI is InChI=1S/C22H26N2O/c1-24-13-11-22-10-4-2-6-18(22)20(24)14-16-8-9-17(15-19(16)22)25-21-7-3-5-12-23-21/h3,5,7-9,12,15,18,20H,2,4,6,10-11,13-14H2,1H3/t18-,20+,22+/m0/s1. The minimum absolute atomic E-state index is 0.381. The van der Waals surface area contributed by atoms with Crippen molar-refractivity contribution in [2.45, 2.75) is 50.0 Å². The molecule has 3 heteroatoms. The number of hydrogen-bond acceptors (Lipinski definition) is 3. The third-order valence-corrected chi connectivity index (χ3v) is 6.95. The summed E-state index contributed by atoms with van der Waals surface area (Å²) in [5.74, 6) is 2.43. The van der Waals surface area contributed by atoms with Crippen molar-refractivity contribution in [1.82, 2.24) is 9.88 Å². The zero-order valence-corrected chi connectivity index (χ0v) is 14.9. The molecule has 0 unspecified atom stereocenters. The number of rotatable bonds is 2. The second-order valence-electron chi connectivity index (χ2n) is 8.10. The Morgan fingerprint density at radius 1 is 1.16 bits per heavy atom. The third-order valence-electron chi connectivity index (χ3n) is 6.95. The maximum absolute atomic E-state index is 6.06. The Labute approximate surface area is 150 Å². The number of likely N-dealkylation sites (tertiary alicyclic amines) is 1. The second-order valence-corrected chi connectivity index (χ2v) is 8.10. The predicted octanol–water partition coefficient (Wildman–Crippen LogP) is 4.56. The predicted molar refractivity (Wildman–Crippen MR) is 99.1 cm³/mol. The van der Waals surface area contributed by atoms with Crippen LogP contribution in [0.25, 0.3) is 0 Å². The first-order valence-electron chi connectivity index (χ1n) is 9.69. The molecular weight excluding hydrogens is 308 g/mol. The van der Waals surface area contributed by atoms with Crippen molar-refractivity contribution in [3.8, 4) is 11.6 Å². The van der Waals surface area contributed by atoms with Crippen LogP contribution >= 0.6 is 0 Å². The van der Waals surface area contributed by atoms with E-state index in [0.717, 1.165) is 17.7 Å². The van der Waals surface area contributed by atoms with Crippen molar-refractivity contribution in [3.63, 3.8) is 0 Å². The Kier molecular flexibility index (Phi) is 3.60. The summed E-state index contributed by atoms with van der Waals surface area (Å²) >= 11 is 0. The van der Waals surface area contributed by atoms with Crippen LogP contribution in [0.1, 0.15) is 43.2 Å². The molecule has 0 amide bonds. The van der Waals surface area contributed by atoms with E-state index < -0.39 is 0 Å². The molecule has 3 nitrogen and oxygen atoms in total. The van der Waals surface area contributed by atoms with E-state index in [2.05, 4.69) is 35.1 Å². The van der Waals surface area contributed by atoms with Crippen molar-refractivity contribution in [3.05, 3.63) is 53.7 Å². The first-order valence-corrected chi connectivity index (χ1v) is 9.69. The summed E-state index contributed by atoms with van der Waals surface area (Å²) in [6.45, 7) is 1.23. The second kappa shape index (κ2) is 5.84. The molecule has 2 bridgehead atoms. The van der Waals surface area contributed by atoms with Crippen LogP contribution < -0.4 is 4.74 Å². The number of fused-ring (bicyclic) bond motifs is 1. The largest absolute Gasteiger partial charge is 0.439 e. The third kappa shape index (κ3) is 2.40. The summed E-state index contributed by atoms with van der Waals surface area (Å²) in [6.07, 6.45) is 9.79. The summed E-state index contributed by atoms with van der Waals surface area (Å²) in [5.41, 5.74) is 3.50. The van der Waals surface area contributed by atoms with Gasteiger partial charge in [0.2, 0.25) is 5.88 Å². The van der Waals surface area contributed by atoms with Crippen LogP contribution in [-0.2, 0) is 11.8 Å². The first kappa shape index (κ1) is 15.4. The van der Waals surface area contributed by atoms with Gasteiger partial charge >= 0.3 is 0 Å². The van der Waals surface area contributed by atoms with Crippen molar-refractivity contribution in [1.29, 1.82) is 0 Å². The lowest BCUT2D eigenvalue weighted by Crippen LogP contribution is -2.59. The molecule has 2 aromatic rings. The number of ether oxygens (including phenoxy) is 1. The molecule has 1 aliphatic heterocycles. The van der Waals surface area contributed by atoms with Gasteiger partial charge in [0.25, 0.3) is 0 Å². The summed E-state index contributed by atoms with van der Waals surface area (Å²) in [6, 6.07) is 13.3. The Morgan fingerprint density at radius 3 is 3.00 bits per heavy atom. The Hall–Kier alpha value is -1.87. The topological polar surface area (TPSA) is 25.4 Å². The summed E-state index contributed by atoms with van der Waals surface area (Å²) in [4.78, 5) is 6.93. The molecule has 1 aromatic heterocycles. The number of pyridine rings is 1. The van der Waals surface area contributed by atoms with Gasteiger partial charge in [0, 0.05) is 23.7 Å². The number of nitrogens with zero attached hydrogens (tertiary/aromatic N) is 2. The van der Waals surface area contributed by atoms with Crippen molar-refractivity contribution in [2.24, 2.45) is 5.92 Å². The van der Waals surface area contributed by atoms with E-state index in [1.807, 2.05) is 18.2 Å². The molecular formula is C22H26N2O. The molecule has 5 rings (SSSR count). The number of likely N-dealkylation sites (N-methyl/N-ethyl adjacent to an activating group) is 1. The quantitative estimate of drug-likeness (QED) is 0.805. The normalized spacial score (nSPS) is 31.1. The zero-order valence-electron chi connectivity index (χ0n) is 14.9. The van der Waals surface area contributed by atoms with Gasteiger partial charge in [-0.15, -0.1) is 0 Å². The molecule has 2 heterocycles. The Morgan fingerprint density at radius 2 is 2.12 bits per heavy atom. The van der Waals surface area contributed by atoms with E-state index in [1.165, 1.54) is 45.1 Å². The highest BCUT2D eigenvalue weighted by molar-refractivity contribution is 5.46. The summed E-state index contributed by atoms with van der Waals surface area (Å²) in [5, 5.41) is 0. The molecule has 0 radical (unpaired) electrons. The van der Waals surface area contributed by atoms with Gasteiger partial charge in [-0.05, 0) is 74.5 Å². The highest BCUT2D eigenvalue weighted by Gasteiger charge is 2.53. The zero-order chi connectivity index (χ0) is 16.9. The van der Waals surface area contributed by atoms with Gasteiger partial charge in [0.1, 0.15) is 5.75 Å². The van der Waals surface area contributed by atoms with Crippen LogP contribution in [0.5, 0.6) is 11.6 Å². The molecule has 3 aliphatic rings. The van der Waals surface area contributed by atoms with Crippen LogP contribution in [-0.4, -0.2) is 29.5 Å². The monoisotopic (exact) mass is 334 g/mol. The first-order chi connectivity index (χ1) is 12.3. The molecule has 25 heavy (non-hydrogen) atoms. The lowest BCUT2D eigenvalue weighted by Gasteiger charge is -2.58. The fourth-order valence-electron chi connectivity index (χ4n) is 5.77.